The Morgan fingerprint density at radius 2 is 1.91 bits per heavy atom. The molecule has 1 aromatic rings. The number of amides is 1. The summed E-state index contributed by atoms with van der Waals surface area (Å²) in [5.74, 6) is -0.158. The monoisotopic (exact) mass is 307 g/mol. The Kier molecular flexibility index (Phi) is 5.25. The second-order valence-corrected chi connectivity index (χ2v) is 5.02. The van der Waals surface area contributed by atoms with Crippen molar-refractivity contribution in [1.82, 2.24) is 4.90 Å². The van der Waals surface area contributed by atoms with Crippen molar-refractivity contribution < 1.29 is 24.2 Å². The Balaban J connectivity index is 2.25. The minimum Gasteiger partial charge on any atom is -0.490 e. The van der Waals surface area contributed by atoms with Crippen LogP contribution in [0.5, 0.6) is 11.5 Å². The number of carboxylic acid groups (broad SMARTS) is 1. The van der Waals surface area contributed by atoms with Crippen molar-refractivity contribution in [3.05, 3.63) is 23.8 Å². The van der Waals surface area contributed by atoms with Gasteiger partial charge < -0.3 is 19.5 Å². The molecule has 0 bridgehead atoms. The van der Waals surface area contributed by atoms with E-state index >= 15 is 0 Å². The third-order valence-electron chi connectivity index (χ3n) is 3.59. The Bertz CT molecular complexity index is 557. The number of hydrogen-bond acceptors (Lipinski definition) is 4. The number of rotatable bonds is 6. The maximum absolute atomic E-state index is 12.6. The quantitative estimate of drug-likeness (QED) is 0.871. The molecule has 0 radical (unpaired) electrons. The van der Waals surface area contributed by atoms with E-state index in [0.29, 0.717) is 49.7 Å². The smallest absolute Gasteiger partial charge is 0.326 e. The van der Waals surface area contributed by atoms with Crippen LogP contribution < -0.4 is 9.47 Å². The fraction of sp³-hybridized carbons (Fsp3) is 0.500. The van der Waals surface area contributed by atoms with Crippen molar-refractivity contribution in [3.63, 3.8) is 0 Å². The largest absolute Gasteiger partial charge is 0.490 e. The first-order valence-electron chi connectivity index (χ1n) is 7.51. The third-order valence-corrected chi connectivity index (χ3v) is 3.59. The number of benzene rings is 1. The first kappa shape index (κ1) is 16.1. The van der Waals surface area contributed by atoms with Gasteiger partial charge in [0.1, 0.15) is 6.04 Å². The number of likely N-dealkylation sites (tertiary alicyclic amines) is 1. The number of carbonyl (C=O) groups is 2. The van der Waals surface area contributed by atoms with Gasteiger partial charge in [-0.2, -0.15) is 0 Å². The summed E-state index contributed by atoms with van der Waals surface area (Å²) >= 11 is 0. The van der Waals surface area contributed by atoms with E-state index in [1.807, 2.05) is 13.8 Å². The summed E-state index contributed by atoms with van der Waals surface area (Å²) in [6.07, 6.45) is 1.20. The first-order valence-corrected chi connectivity index (χ1v) is 7.51. The molecule has 1 fully saturated rings. The molecular weight excluding hydrogens is 286 g/mol. The van der Waals surface area contributed by atoms with E-state index in [9.17, 15) is 14.7 Å². The van der Waals surface area contributed by atoms with Gasteiger partial charge in [-0.25, -0.2) is 4.79 Å². The molecule has 0 aromatic heterocycles. The SMILES string of the molecule is CCOc1ccc(C(=O)N2CCC[C@@H]2C(=O)O)cc1OCC. The second-order valence-electron chi connectivity index (χ2n) is 5.02. The normalized spacial score (nSPS) is 17.4. The molecule has 1 saturated heterocycles. The maximum Gasteiger partial charge on any atom is 0.326 e. The van der Waals surface area contributed by atoms with Crippen molar-refractivity contribution in [2.75, 3.05) is 19.8 Å². The lowest BCUT2D eigenvalue weighted by Gasteiger charge is -2.22. The molecule has 1 atom stereocenters. The van der Waals surface area contributed by atoms with Gasteiger partial charge in [-0.1, -0.05) is 0 Å². The van der Waals surface area contributed by atoms with E-state index in [1.54, 1.807) is 18.2 Å². The molecule has 6 heteroatoms. The molecule has 1 aliphatic rings. The second kappa shape index (κ2) is 7.15. The van der Waals surface area contributed by atoms with Crippen LogP contribution in [0, 0.1) is 0 Å². The molecular formula is C16H21NO5. The van der Waals surface area contributed by atoms with Gasteiger partial charge in [-0.15, -0.1) is 0 Å². The van der Waals surface area contributed by atoms with E-state index < -0.39 is 12.0 Å². The minimum absolute atomic E-state index is 0.283. The summed E-state index contributed by atoms with van der Waals surface area (Å²) < 4.78 is 11.0. The summed E-state index contributed by atoms with van der Waals surface area (Å²) in [5.41, 5.74) is 0.417. The number of ether oxygens (including phenoxy) is 2. The van der Waals surface area contributed by atoms with Gasteiger partial charge in [-0.05, 0) is 44.9 Å². The average Bonchev–Trinajstić information content (AvgIpc) is 2.98. The zero-order valence-electron chi connectivity index (χ0n) is 12.9. The summed E-state index contributed by atoms with van der Waals surface area (Å²) in [5, 5.41) is 9.19. The van der Waals surface area contributed by atoms with Crippen LogP contribution in [-0.2, 0) is 4.79 Å². The minimum atomic E-state index is -0.957. The molecule has 0 aliphatic carbocycles. The van der Waals surface area contributed by atoms with Gasteiger partial charge in [0, 0.05) is 12.1 Å². The van der Waals surface area contributed by atoms with E-state index in [1.165, 1.54) is 4.90 Å². The van der Waals surface area contributed by atoms with Crippen molar-refractivity contribution in [2.24, 2.45) is 0 Å². The number of hydrogen-bond donors (Lipinski definition) is 1. The van der Waals surface area contributed by atoms with Gasteiger partial charge in [0.2, 0.25) is 0 Å². The molecule has 1 amide bonds. The average molecular weight is 307 g/mol. The zero-order chi connectivity index (χ0) is 16.1. The summed E-state index contributed by atoms with van der Waals surface area (Å²) in [6.45, 7) is 5.15. The number of nitrogens with zero attached hydrogens (tertiary/aromatic N) is 1. The predicted octanol–water partition coefficient (Wildman–Crippen LogP) is 2.17. The van der Waals surface area contributed by atoms with E-state index in [0.717, 1.165) is 0 Å². The van der Waals surface area contributed by atoms with Crippen LogP contribution in [0.15, 0.2) is 18.2 Å². The molecule has 2 rings (SSSR count). The first-order chi connectivity index (χ1) is 10.6. The molecule has 6 nitrogen and oxygen atoms in total. The summed E-state index contributed by atoms with van der Waals surface area (Å²) in [6, 6.07) is 4.21. The molecule has 22 heavy (non-hydrogen) atoms. The van der Waals surface area contributed by atoms with E-state index in [2.05, 4.69) is 0 Å². The maximum atomic E-state index is 12.6. The standard InChI is InChI=1S/C16H21NO5/c1-3-21-13-8-7-11(10-14(13)22-4-2)15(18)17-9-5-6-12(17)16(19)20/h7-8,10,12H,3-6,9H2,1-2H3,(H,19,20)/t12-/m1/s1. The highest BCUT2D eigenvalue weighted by Gasteiger charge is 2.34. The fourth-order valence-corrected chi connectivity index (χ4v) is 2.62. The topological polar surface area (TPSA) is 76.1 Å². The van der Waals surface area contributed by atoms with Gasteiger partial charge in [0.25, 0.3) is 5.91 Å². The molecule has 1 N–H and O–H groups in total. The molecule has 1 aliphatic heterocycles. The highest BCUT2D eigenvalue weighted by Crippen LogP contribution is 2.30. The number of carbonyl (C=O) groups excluding carboxylic acids is 1. The Hall–Kier alpha value is -2.24. The lowest BCUT2D eigenvalue weighted by Crippen LogP contribution is -2.40. The van der Waals surface area contributed by atoms with Crippen molar-refractivity contribution in [1.29, 1.82) is 0 Å². The van der Waals surface area contributed by atoms with Crippen LogP contribution >= 0.6 is 0 Å². The lowest BCUT2D eigenvalue weighted by molar-refractivity contribution is -0.141. The van der Waals surface area contributed by atoms with Gasteiger partial charge in [0.15, 0.2) is 11.5 Å². The Labute approximate surface area is 129 Å². The van der Waals surface area contributed by atoms with E-state index in [-0.39, 0.29) is 5.91 Å². The van der Waals surface area contributed by atoms with Crippen LogP contribution in [0.25, 0.3) is 0 Å². The van der Waals surface area contributed by atoms with Crippen molar-refractivity contribution >= 4 is 11.9 Å². The van der Waals surface area contributed by atoms with Crippen molar-refractivity contribution in [2.45, 2.75) is 32.7 Å². The highest BCUT2D eigenvalue weighted by atomic mass is 16.5. The lowest BCUT2D eigenvalue weighted by atomic mass is 10.1. The van der Waals surface area contributed by atoms with Crippen molar-refractivity contribution in [3.8, 4) is 11.5 Å². The van der Waals surface area contributed by atoms with Crippen LogP contribution in [0.4, 0.5) is 0 Å². The van der Waals surface area contributed by atoms with Gasteiger partial charge >= 0.3 is 5.97 Å². The van der Waals surface area contributed by atoms with Crippen LogP contribution in [0.2, 0.25) is 0 Å². The molecule has 120 valence electrons. The van der Waals surface area contributed by atoms with Gasteiger partial charge in [-0.3, -0.25) is 4.79 Å². The van der Waals surface area contributed by atoms with Crippen LogP contribution in [-0.4, -0.2) is 47.7 Å². The molecule has 0 saturated carbocycles. The number of carboxylic acids is 1. The van der Waals surface area contributed by atoms with E-state index in [4.69, 9.17) is 9.47 Å². The fourth-order valence-electron chi connectivity index (χ4n) is 2.62. The predicted molar refractivity (Wildman–Crippen MR) is 80.5 cm³/mol. The molecule has 1 aromatic carbocycles. The summed E-state index contributed by atoms with van der Waals surface area (Å²) in [4.78, 5) is 25.2. The Morgan fingerprint density at radius 1 is 1.23 bits per heavy atom. The molecule has 0 unspecified atom stereocenters. The van der Waals surface area contributed by atoms with Crippen LogP contribution in [0.3, 0.4) is 0 Å². The van der Waals surface area contributed by atoms with Crippen LogP contribution in [0.1, 0.15) is 37.0 Å². The Morgan fingerprint density at radius 3 is 2.55 bits per heavy atom. The third kappa shape index (κ3) is 3.32. The number of aliphatic carboxylic acids is 1. The highest BCUT2D eigenvalue weighted by molar-refractivity contribution is 5.97. The molecule has 0 spiro atoms. The zero-order valence-corrected chi connectivity index (χ0v) is 12.9. The van der Waals surface area contributed by atoms with Gasteiger partial charge in [0.05, 0.1) is 13.2 Å². The molecule has 1 heterocycles. The summed E-state index contributed by atoms with van der Waals surface area (Å²) in [7, 11) is 0.